The molecule has 14 heavy (non-hydrogen) atoms. The summed E-state index contributed by atoms with van der Waals surface area (Å²) in [7, 11) is 0. The van der Waals surface area contributed by atoms with Crippen molar-refractivity contribution in [1.82, 2.24) is 0 Å². The van der Waals surface area contributed by atoms with Gasteiger partial charge in [0.05, 0.1) is 5.56 Å². The van der Waals surface area contributed by atoms with E-state index in [0.29, 0.717) is 12.0 Å². The lowest BCUT2D eigenvalue weighted by Gasteiger charge is -2.21. The van der Waals surface area contributed by atoms with E-state index in [1.54, 1.807) is 31.2 Å². The van der Waals surface area contributed by atoms with Crippen LogP contribution in [0.5, 0.6) is 0 Å². The zero-order valence-electron chi connectivity index (χ0n) is 8.36. The average Bonchev–Trinajstić information content (AvgIpc) is 2.19. The highest BCUT2D eigenvalue weighted by molar-refractivity contribution is 5.89. The minimum Gasteiger partial charge on any atom is -0.430 e. The average molecular weight is 194 g/mol. The number of benzene rings is 1. The molecular weight excluding hydrogens is 180 g/mol. The van der Waals surface area contributed by atoms with Gasteiger partial charge in [-0.1, -0.05) is 25.1 Å². The predicted molar refractivity (Wildman–Crippen MR) is 52.8 cm³/mol. The summed E-state index contributed by atoms with van der Waals surface area (Å²) >= 11 is 0. The quantitative estimate of drug-likeness (QED) is 0.591. The zero-order valence-corrected chi connectivity index (χ0v) is 8.36. The largest absolute Gasteiger partial charge is 0.430 e. The molecule has 1 rings (SSSR count). The van der Waals surface area contributed by atoms with Crippen molar-refractivity contribution in [3.63, 3.8) is 0 Å². The summed E-state index contributed by atoms with van der Waals surface area (Å²) < 4.78 is 4.89. The van der Waals surface area contributed by atoms with Gasteiger partial charge in [0.25, 0.3) is 0 Å². The summed E-state index contributed by atoms with van der Waals surface area (Å²) in [5.41, 5.74) is 0.446. The van der Waals surface area contributed by atoms with Gasteiger partial charge in [0.15, 0.2) is 0 Å². The Balaban J connectivity index is 2.69. The normalized spacial score (nSPS) is 14.5. The van der Waals surface area contributed by atoms with Crippen molar-refractivity contribution in [2.75, 3.05) is 0 Å². The van der Waals surface area contributed by atoms with E-state index in [1.165, 1.54) is 6.92 Å². The molecule has 0 aliphatic carbocycles. The number of aliphatic hydroxyl groups is 1. The molecule has 3 nitrogen and oxygen atoms in total. The topological polar surface area (TPSA) is 46.5 Å². The summed E-state index contributed by atoms with van der Waals surface area (Å²) in [6.07, 6.45) is 0.367. The molecule has 1 aromatic carbocycles. The third-order valence-electron chi connectivity index (χ3n) is 1.98. The van der Waals surface area contributed by atoms with Crippen LogP contribution in [-0.2, 0) is 4.74 Å². The second kappa shape index (κ2) is 4.24. The van der Waals surface area contributed by atoms with E-state index in [2.05, 4.69) is 0 Å². The number of hydrogen-bond acceptors (Lipinski definition) is 3. The van der Waals surface area contributed by atoms with Crippen LogP contribution in [0.2, 0.25) is 0 Å². The molecule has 0 heterocycles. The van der Waals surface area contributed by atoms with Crippen molar-refractivity contribution in [3.05, 3.63) is 35.9 Å². The van der Waals surface area contributed by atoms with Gasteiger partial charge in [-0.15, -0.1) is 0 Å². The molecule has 0 fully saturated rings. The Hall–Kier alpha value is -1.35. The fourth-order valence-corrected chi connectivity index (χ4v) is 0.905. The minimum absolute atomic E-state index is 0.367. The highest BCUT2D eigenvalue weighted by Crippen LogP contribution is 2.13. The van der Waals surface area contributed by atoms with Gasteiger partial charge < -0.3 is 9.84 Å². The Morgan fingerprint density at radius 1 is 1.43 bits per heavy atom. The summed E-state index contributed by atoms with van der Waals surface area (Å²) in [4.78, 5) is 11.4. The fraction of sp³-hybridized carbons (Fsp3) is 0.364. The van der Waals surface area contributed by atoms with E-state index in [0.717, 1.165) is 0 Å². The highest BCUT2D eigenvalue weighted by Gasteiger charge is 2.23. The van der Waals surface area contributed by atoms with Crippen LogP contribution in [0.15, 0.2) is 30.3 Å². The number of esters is 1. The van der Waals surface area contributed by atoms with Crippen molar-refractivity contribution in [3.8, 4) is 0 Å². The molecule has 0 saturated carbocycles. The molecule has 0 aliphatic heterocycles. The smallest absolute Gasteiger partial charge is 0.340 e. The molecule has 0 radical (unpaired) electrons. The highest BCUT2D eigenvalue weighted by atomic mass is 16.7. The SMILES string of the molecule is CCC(C)(O)OC(=O)c1ccccc1. The number of carbonyl (C=O) groups is 1. The second-order valence-electron chi connectivity index (χ2n) is 3.28. The summed E-state index contributed by atoms with van der Waals surface area (Å²) in [6, 6.07) is 8.60. The lowest BCUT2D eigenvalue weighted by molar-refractivity contribution is -0.152. The second-order valence-corrected chi connectivity index (χ2v) is 3.28. The maximum atomic E-state index is 11.4. The van der Waals surface area contributed by atoms with Gasteiger partial charge in [0.1, 0.15) is 0 Å². The van der Waals surface area contributed by atoms with Gasteiger partial charge in [0.2, 0.25) is 5.79 Å². The zero-order chi connectivity index (χ0) is 10.6. The third kappa shape index (κ3) is 2.85. The standard InChI is InChI=1S/C11H14O3/c1-3-11(2,13)14-10(12)9-7-5-4-6-8-9/h4-8,13H,3H2,1-2H3. The first-order valence-corrected chi connectivity index (χ1v) is 4.56. The van der Waals surface area contributed by atoms with E-state index in [-0.39, 0.29) is 0 Å². The fourth-order valence-electron chi connectivity index (χ4n) is 0.905. The van der Waals surface area contributed by atoms with Gasteiger partial charge in [-0.2, -0.15) is 0 Å². The third-order valence-corrected chi connectivity index (χ3v) is 1.98. The number of hydrogen-bond donors (Lipinski definition) is 1. The van der Waals surface area contributed by atoms with Gasteiger partial charge in [-0.25, -0.2) is 4.79 Å². The summed E-state index contributed by atoms with van der Waals surface area (Å²) in [6.45, 7) is 3.21. The first-order chi connectivity index (χ1) is 6.55. The van der Waals surface area contributed by atoms with Crippen LogP contribution in [-0.4, -0.2) is 16.9 Å². The molecule has 1 atom stereocenters. The number of carbonyl (C=O) groups excluding carboxylic acids is 1. The van der Waals surface area contributed by atoms with E-state index in [1.807, 2.05) is 6.07 Å². The first kappa shape index (κ1) is 10.7. The molecule has 0 spiro atoms. The maximum Gasteiger partial charge on any atom is 0.340 e. The van der Waals surface area contributed by atoms with Crippen molar-refractivity contribution < 1.29 is 14.6 Å². The molecule has 0 amide bonds. The number of ether oxygens (including phenoxy) is 1. The molecule has 0 aliphatic rings. The van der Waals surface area contributed by atoms with Crippen molar-refractivity contribution in [1.29, 1.82) is 0 Å². The Kier molecular flexibility index (Phi) is 3.25. The van der Waals surface area contributed by atoms with Gasteiger partial charge >= 0.3 is 5.97 Å². The maximum absolute atomic E-state index is 11.4. The van der Waals surface area contributed by atoms with Gasteiger partial charge in [0, 0.05) is 13.3 Å². The first-order valence-electron chi connectivity index (χ1n) is 4.56. The van der Waals surface area contributed by atoms with Crippen LogP contribution in [0.3, 0.4) is 0 Å². The van der Waals surface area contributed by atoms with Crippen LogP contribution in [0, 0.1) is 0 Å². The minimum atomic E-state index is -1.38. The van der Waals surface area contributed by atoms with Crippen LogP contribution >= 0.6 is 0 Å². The molecule has 0 saturated heterocycles. The molecule has 1 unspecified atom stereocenters. The van der Waals surface area contributed by atoms with E-state index >= 15 is 0 Å². The lowest BCUT2D eigenvalue weighted by Crippen LogP contribution is -2.30. The molecule has 0 bridgehead atoms. The Morgan fingerprint density at radius 2 is 2.00 bits per heavy atom. The molecule has 0 aromatic heterocycles. The van der Waals surface area contributed by atoms with Crippen molar-refractivity contribution in [2.45, 2.75) is 26.1 Å². The molecule has 76 valence electrons. The Labute approximate surface area is 83.3 Å². The lowest BCUT2D eigenvalue weighted by atomic mass is 10.2. The monoisotopic (exact) mass is 194 g/mol. The van der Waals surface area contributed by atoms with E-state index in [9.17, 15) is 9.90 Å². The number of rotatable bonds is 3. The van der Waals surface area contributed by atoms with E-state index in [4.69, 9.17) is 4.74 Å². The van der Waals surface area contributed by atoms with Gasteiger partial charge in [-0.05, 0) is 12.1 Å². The molecular formula is C11H14O3. The Morgan fingerprint density at radius 3 is 2.50 bits per heavy atom. The molecule has 3 heteroatoms. The molecule has 1 N–H and O–H groups in total. The van der Waals surface area contributed by atoms with Crippen molar-refractivity contribution in [2.24, 2.45) is 0 Å². The van der Waals surface area contributed by atoms with E-state index < -0.39 is 11.8 Å². The molecule has 1 aromatic rings. The van der Waals surface area contributed by atoms with Crippen LogP contribution < -0.4 is 0 Å². The summed E-state index contributed by atoms with van der Waals surface area (Å²) in [5, 5.41) is 9.51. The van der Waals surface area contributed by atoms with Crippen molar-refractivity contribution >= 4 is 5.97 Å². The summed E-state index contributed by atoms with van der Waals surface area (Å²) in [5.74, 6) is -1.88. The van der Waals surface area contributed by atoms with Crippen LogP contribution in [0.25, 0.3) is 0 Å². The predicted octanol–water partition coefficient (Wildman–Crippen LogP) is 1.96. The van der Waals surface area contributed by atoms with Gasteiger partial charge in [-0.3, -0.25) is 0 Å². The van der Waals surface area contributed by atoms with Crippen LogP contribution in [0.4, 0.5) is 0 Å². The van der Waals surface area contributed by atoms with Crippen LogP contribution in [0.1, 0.15) is 30.6 Å². The Bertz CT molecular complexity index is 304.